The van der Waals surface area contributed by atoms with E-state index in [1.807, 2.05) is 22.9 Å². The van der Waals surface area contributed by atoms with Gasteiger partial charge >= 0.3 is 0 Å². The number of thiophene rings is 1. The lowest BCUT2D eigenvalue weighted by molar-refractivity contribution is 0.0609. The highest BCUT2D eigenvalue weighted by Crippen LogP contribution is 2.21. The normalized spacial score (nSPS) is 12.1. The molecule has 5 nitrogen and oxygen atoms in total. The van der Waals surface area contributed by atoms with Crippen LogP contribution in [-0.4, -0.2) is 42.4 Å². The van der Waals surface area contributed by atoms with Crippen molar-refractivity contribution in [1.82, 2.24) is 10.3 Å². The number of ether oxygens (including phenoxy) is 1. The van der Waals surface area contributed by atoms with Gasteiger partial charge in [-0.25, -0.2) is 0 Å². The first-order chi connectivity index (χ1) is 10.1. The Morgan fingerprint density at radius 2 is 2.29 bits per heavy atom. The molecular weight excluding hydrogens is 288 g/mol. The zero-order valence-electron chi connectivity index (χ0n) is 12.0. The van der Waals surface area contributed by atoms with Crippen LogP contribution in [-0.2, 0) is 4.74 Å². The van der Waals surface area contributed by atoms with Crippen LogP contribution in [0.15, 0.2) is 29.0 Å². The molecule has 6 heteroatoms. The van der Waals surface area contributed by atoms with Crippen molar-refractivity contribution < 1.29 is 14.6 Å². The van der Waals surface area contributed by atoms with Gasteiger partial charge in [0.15, 0.2) is 0 Å². The van der Waals surface area contributed by atoms with E-state index in [4.69, 9.17) is 4.74 Å². The quantitative estimate of drug-likeness (QED) is 0.854. The Bertz CT molecular complexity index is 599. The molecule has 0 radical (unpaired) electrons. The SMILES string of the molecule is COCC(O)CNC(=O)c1ccc(-c2ccsc2)nc1C. The van der Waals surface area contributed by atoms with E-state index in [9.17, 15) is 9.90 Å². The van der Waals surface area contributed by atoms with Crippen LogP contribution in [0.1, 0.15) is 16.1 Å². The van der Waals surface area contributed by atoms with Crippen molar-refractivity contribution in [2.45, 2.75) is 13.0 Å². The van der Waals surface area contributed by atoms with Gasteiger partial charge in [0.2, 0.25) is 0 Å². The number of aliphatic hydroxyl groups is 1. The third kappa shape index (κ3) is 4.10. The van der Waals surface area contributed by atoms with Crippen molar-refractivity contribution in [3.63, 3.8) is 0 Å². The fraction of sp³-hybridized carbons (Fsp3) is 0.333. The predicted molar refractivity (Wildman–Crippen MR) is 82.5 cm³/mol. The number of nitrogens with zero attached hydrogens (tertiary/aromatic N) is 1. The second-order valence-electron chi connectivity index (χ2n) is 4.66. The summed E-state index contributed by atoms with van der Waals surface area (Å²) in [5.41, 5.74) is 3.08. The maximum absolute atomic E-state index is 12.1. The van der Waals surface area contributed by atoms with Gasteiger partial charge in [-0.3, -0.25) is 9.78 Å². The first-order valence-electron chi connectivity index (χ1n) is 6.57. The summed E-state index contributed by atoms with van der Waals surface area (Å²) in [4.78, 5) is 16.5. The molecule has 0 fully saturated rings. The van der Waals surface area contributed by atoms with Crippen LogP contribution in [0.25, 0.3) is 11.3 Å². The Morgan fingerprint density at radius 1 is 1.48 bits per heavy atom. The lowest BCUT2D eigenvalue weighted by Gasteiger charge is -2.12. The first-order valence-corrected chi connectivity index (χ1v) is 7.51. The minimum absolute atomic E-state index is 0.151. The highest BCUT2D eigenvalue weighted by Gasteiger charge is 2.13. The number of carbonyl (C=O) groups excluding carboxylic acids is 1. The molecule has 2 aromatic heterocycles. The molecule has 0 bridgehead atoms. The molecular formula is C15H18N2O3S. The molecule has 0 aromatic carbocycles. The average Bonchev–Trinajstić information content (AvgIpc) is 2.99. The molecule has 2 aromatic rings. The minimum atomic E-state index is -0.711. The molecule has 0 spiro atoms. The highest BCUT2D eigenvalue weighted by molar-refractivity contribution is 7.08. The van der Waals surface area contributed by atoms with Crippen molar-refractivity contribution in [2.24, 2.45) is 0 Å². The molecule has 1 atom stereocenters. The summed E-state index contributed by atoms with van der Waals surface area (Å²) in [6.07, 6.45) is -0.711. The van der Waals surface area contributed by atoms with Gasteiger partial charge in [-0.2, -0.15) is 11.3 Å². The zero-order chi connectivity index (χ0) is 15.2. The van der Waals surface area contributed by atoms with E-state index in [1.165, 1.54) is 7.11 Å². The fourth-order valence-electron chi connectivity index (χ4n) is 1.93. The largest absolute Gasteiger partial charge is 0.389 e. The zero-order valence-corrected chi connectivity index (χ0v) is 12.8. The van der Waals surface area contributed by atoms with Gasteiger partial charge in [0.1, 0.15) is 0 Å². The van der Waals surface area contributed by atoms with Crippen molar-refractivity contribution >= 4 is 17.2 Å². The maximum atomic E-state index is 12.1. The van der Waals surface area contributed by atoms with Gasteiger partial charge in [0, 0.05) is 24.6 Å². The van der Waals surface area contributed by atoms with E-state index in [0.717, 1.165) is 11.3 Å². The molecule has 2 N–H and O–H groups in total. The second-order valence-corrected chi connectivity index (χ2v) is 5.44. The Kier molecular flexibility index (Phi) is 5.44. The predicted octanol–water partition coefficient (Wildman–Crippen LogP) is 1.86. The van der Waals surface area contributed by atoms with Gasteiger partial charge in [-0.15, -0.1) is 0 Å². The van der Waals surface area contributed by atoms with E-state index >= 15 is 0 Å². The molecule has 21 heavy (non-hydrogen) atoms. The molecule has 1 unspecified atom stereocenters. The number of pyridine rings is 1. The van der Waals surface area contributed by atoms with Crippen LogP contribution >= 0.6 is 11.3 Å². The molecule has 0 aliphatic carbocycles. The molecule has 0 aliphatic rings. The number of hydrogen-bond acceptors (Lipinski definition) is 5. The number of methoxy groups -OCH3 is 1. The van der Waals surface area contributed by atoms with Crippen LogP contribution in [0.5, 0.6) is 0 Å². The summed E-state index contributed by atoms with van der Waals surface area (Å²) < 4.78 is 4.81. The van der Waals surface area contributed by atoms with Crippen LogP contribution in [0.4, 0.5) is 0 Å². The van der Waals surface area contributed by atoms with Crippen LogP contribution in [0, 0.1) is 6.92 Å². The average molecular weight is 306 g/mol. The Balaban J connectivity index is 2.05. The molecule has 0 saturated carbocycles. The van der Waals surface area contributed by atoms with Gasteiger partial charge in [0.05, 0.1) is 29.7 Å². The summed E-state index contributed by atoms with van der Waals surface area (Å²) in [5.74, 6) is -0.243. The van der Waals surface area contributed by atoms with Gasteiger partial charge in [-0.1, -0.05) is 0 Å². The van der Waals surface area contributed by atoms with Crippen molar-refractivity contribution in [2.75, 3.05) is 20.3 Å². The lowest BCUT2D eigenvalue weighted by atomic mass is 10.1. The summed E-state index contributed by atoms with van der Waals surface area (Å²) in [6, 6.07) is 5.58. The number of aliphatic hydroxyl groups excluding tert-OH is 1. The highest BCUT2D eigenvalue weighted by atomic mass is 32.1. The maximum Gasteiger partial charge on any atom is 0.253 e. The van der Waals surface area contributed by atoms with Crippen molar-refractivity contribution in [3.05, 3.63) is 40.2 Å². The summed E-state index contributed by atoms with van der Waals surface area (Å²) in [6.45, 7) is 2.14. The Morgan fingerprint density at radius 3 is 2.90 bits per heavy atom. The number of nitrogens with one attached hydrogen (secondary N) is 1. The van der Waals surface area contributed by atoms with Crippen molar-refractivity contribution in [3.8, 4) is 11.3 Å². The minimum Gasteiger partial charge on any atom is -0.389 e. The van der Waals surface area contributed by atoms with E-state index in [0.29, 0.717) is 11.3 Å². The number of carbonyl (C=O) groups is 1. The van der Waals surface area contributed by atoms with Gasteiger partial charge in [0.25, 0.3) is 5.91 Å². The smallest absolute Gasteiger partial charge is 0.253 e. The monoisotopic (exact) mass is 306 g/mol. The lowest BCUT2D eigenvalue weighted by Crippen LogP contribution is -2.34. The van der Waals surface area contributed by atoms with Crippen molar-refractivity contribution in [1.29, 1.82) is 0 Å². The standard InChI is InChI=1S/C15H18N2O3S/c1-10-13(15(19)16-7-12(18)8-20-2)3-4-14(17-10)11-5-6-21-9-11/h3-6,9,12,18H,7-8H2,1-2H3,(H,16,19). The number of hydrogen-bond donors (Lipinski definition) is 2. The topological polar surface area (TPSA) is 71.5 Å². The van der Waals surface area contributed by atoms with E-state index in [1.54, 1.807) is 24.3 Å². The number of aromatic nitrogens is 1. The molecule has 2 rings (SSSR count). The summed E-state index contributed by atoms with van der Waals surface area (Å²) in [5, 5.41) is 16.2. The number of aryl methyl sites for hydroxylation is 1. The third-order valence-corrected chi connectivity index (χ3v) is 3.69. The number of rotatable bonds is 6. The van der Waals surface area contributed by atoms with E-state index in [-0.39, 0.29) is 19.1 Å². The number of amides is 1. The molecule has 112 valence electrons. The van der Waals surface area contributed by atoms with E-state index < -0.39 is 6.10 Å². The Hall–Kier alpha value is -1.76. The second kappa shape index (κ2) is 7.31. The van der Waals surface area contributed by atoms with Crippen LogP contribution < -0.4 is 5.32 Å². The van der Waals surface area contributed by atoms with Crippen LogP contribution in [0.3, 0.4) is 0 Å². The van der Waals surface area contributed by atoms with Gasteiger partial charge < -0.3 is 15.2 Å². The third-order valence-electron chi connectivity index (χ3n) is 3.00. The molecule has 0 aliphatic heterocycles. The molecule has 1 amide bonds. The van der Waals surface area contributed by atoms with Crippen LogP contribution in [0.2, 0.25) is 0 Å². The first kappa shape index (κ1) is 15.6. The summed E-state index contributed by atoms with van der Waals surface area (Å²) in [7, 11) is 1.50. The molecule has 0 saturated heterocycles. The fourth-order valence-corrected chi connectivity index (χ4v) is 2.58. The van der Waals surface area contributed by atoms with Gasteiger partial charge in [-0.05, 0) is 30.5 Å². The summed E-state index contributed by atoms with van der Waals surface area (Å²) >= 11 is 1.61. The molecule has 2 heterocycles. The Labute approximate surface area is 127 Å². The van der Waals surface area contributed by atoms with E-state index in [2.05, 4.69) is 10.3 Å².